The Balaban J connectivity index is 3.04. The maximum absolute atomic E-state index is 11.6. The zero-order valence-corrected chi connectivity index (χ0v) is 7.87. The van der Waals surface area contributed by atoms with Crippen molar-refractivity contribution in [1.29, 1.82) is 0 Å². The molecule has 0 radical (unpaired) electrons. The summed E-state index contributed by atoms with van der Waals surface area (Å²) in [5, 5.41) is 5.92. The van der Waals surface area contributed by atoms with Gasteiger partial charge in [0, 0.05) is 12.3 Å². The molecule has 3 nitrogen and oxygen atoms in total. The van der Waals surface area contributed by atoms with E-state index in [1.807, 2.05) is 13.1 Å². The number of hydrogen-bond donors (Lipinski definition) is 0. The number of hydrogen-bond acceptors (Lipinski definition) is 2. The van der Waals surface area contributed by atoms with Gasteiger partial charge >= 0.3 is 0 Å². The Kier molecular flexibility index (Phi) is 1.79. The molecular weight excluding hydrogens is 164 g/mol. The Morgan fingerprint density at radius 1 is 1.38 bits per heavy atom. The predicted molar refractivity (Wildman–Crippen MR) is 51.6 cm³/mol. The van der Waals surface area contributed by atoms with Crippen LogP contribution in [0, 0.1) is 6.92 Å². The van der Waals surface area contributed by atoms with Crippen molar-refractivity contribution in [2.45, 2.75) is 19.8 Å². The first-order chi connectivity index (χ1) is 6.20. The second-order valence-electron chi connectivity index (χ2n) is 3.32. The molecule has 1 aromatic heterocycles. The Labute approximate surface area is 76.0 Å². The van der Waals surface area contributed by atoms with E-state index in [-0.39, 0.29) is 5.43 Å². The average Bonchev–Trinajstić information content (AvgIpc) is 2.15. The van der Waals surface area contributed by atoms with Crippen molar-refractivity contribution in [2.24, 2.45) is 7.05 Å². The smallest absolute Gasteiger partial charge is 0.210 e. The highest BCUT2D eigenvalue weighted by Crippen LogP contribution is 1.92. The second-order valence-corrected chi connectivity index (χ2v) is 3.32. The third-order valence-electron chi connectivity index (χ3n) is 2.35. The van der Waals surface area contributed by atoms with Crippen LogP contribution in [-0.4, -0.2) is 9.78 Å². The molecule has 1 heterocycles. The minimum Gasteiger partial charge on any atom is -0.287 e. The van der Waals surface area contributed by atoms with Gasteiger partial charge in [-0.1, -0.05) is 12.2 Å². The average molecular weight is 176 g/mol. The largest absolute Gasteiger partial charge is 0.287 e. The number of rotatable bonds is 0. The molecule has 0 N–H and O–H groups in total. The first-order valence-corrected chi connectivity index (χ1v) is 4.44. The molecule has 0 aromatic carbocycles. The molecule has 2 rings (SSSR count). The van der Waals surface area contributed by atoms with Crippen LogP contribution in [0.1, 0.15) is 18.5 Å². The van der Waals surface area contributed by atoms with Gasteiger partial charge in [0.25, 0.3) is 0 Å². The zero-order valence-electron chi connectivity index (χ0n) is 7.87. The summed E-state index contributed by atoms with van der Waals surface area (Å²) >= 11 is 0. The van der Waals surface area contributed by atoms with Gasteiger partial charge in [0.05, 0.1) is 5.35 Å². The summed E-state index contributed by atoms with van der Waals surface area (Å²) in [5.41, 5.74) is 0.650. The fourth-order valence-electron chi connectivity index (χ4n) is 1.70. The molecule has 1 aliphatic rings. The van der Waals surface area contributed by atoms with Gasteiger partial charge in [-0.2, -0.15) is 5.10 Å². The van der Waals surface area contributed by atoms with E-state index in [9.17, 15) is 4.79 Å². The molecule has 0 fully saturated rings. The van der Waals surface area contributed by atoms with Gasteiger partial charge in [-0.05, 0) is 19.8 Å². The molecular formula is C10H12N2O. The fraction of sp³-hybridized carbons (Fsp3) is 0.400. The lowest BCUT2D eigenvalue weighted by Gasteiger charge is -2.05. The summed E-state index contributed by atoms with van der Waals surface area (Å²) in [6, 6.07) is 0. The van der Waals surface area contributed by atoms with Crippen LogP contribution in [0.25, 0.3) is 12.2 Å². The normalized spacial score (nSPS) is 14.3. The number of nitrogens with zero attached hydrogens (tertiary/aromatic N) is 2. The molecule has 0 saturated heterocycles. The number of fused-ring (bicyclic) bond motifs is 1. The summed E-state index contributed by atoms with van der Waals surface area (Å²) < 4.78 is 1.78. The molecule has 68 valence electrons. The summed E-state index contributed by atoms with van der Waals surface area (Å²) in [7, 11) is 1.88. The minimum atomic E-state index is 0.0732. The molecule has 0 aliphatic heterocycles. The predicted octanol–water partition coefficient (Wildman–Crippen LogP) is -0.556. The van der Waals surface area contributed by atoms with Crippen LogP contribution in [0.2, 0.25) is 0 Å². The Morgan fingerprint density at radius 2 is 2.08 bits per heavy atom. The van der Waals surface area contributed by atoms with E-state index < -0.39 is 0 Å². The Morgan fingerprint density at radius 3 is 2.85 bits per heavy atom. The van der Waals surface area contributed by atoms with E-state index in [2.05, 4.69) is 11.2 Å². The van der Waals surface area contributed by atoms with Crippen LogP contribution in [0.5, 0.6) is 0 Å². The summed E-state index contributed by atoms with van der Waals surface area (Å²) in [4.78, 5) is 11.6. The van der Waals surface area contributed by atoms with Crippen LogP contribution in [0.15, 0.2) is 4.79 Å². The maximum Gasteiger partial charge on any atom is 0.210 e. The van der Waals surface area contributed by atoms with E-state index >= 15 is 0 Å². The van der Waals surface area contributed by atoms with Crippen LogP contribution in [-0.2, 0) is 7.05 Å². The summed E-state index contributed by atoms with van der Waals surface area (Å²) in [6.45, 7) is 1.76. The lowest BCUT2D eigenvalue weighted by atomic mass is 10.1. The van der Waals surface area contributed by atoms with E-state index in [0.717, 1.165) is 23.4 Å². The van der Waals surface area contributed by atoms with E-state index in [1.54, 1.807) is 11.6 Å². The molecule has 0 spiro atoms. The fourth-order valence-corrected chi connectivity index (χ4v) is 1.70. The third-order valence-corrected chi connectivity index (χ3v) is 2.35. The monoisotopic (exact) mass is 176 g/mol. The van der Waals surface area contributed by atoms with Crippen molar-refractivity contribution in [3.63, 3.8) is 0 Å². The molecule has 0 atom stereocenters. The topological polar surface area (TPSA) is 34.9 Å². The lowest BCUT2D eigenvalue weighted by Crippen LogP contribution is -2.48. The van der Waals surface area contributed by atoms with Crippen molar-refractivity contribution in [3.05, 3.63) is 26.5 Å². The molecule has 1 aromatic rings. The lowest BCUT2D eigenvalue weighted by molar-refractivity contribution is 0.679. The second kappa shape index (κ2) is 2.83. The molecule has 0 saturated carbocycles. The zero-order chi connectivity index (χ0) is 9.42. The van der Waals surface area contributed by atoms with Gasteiger partial charge in [-0.15, -0.1) is 0 Å². The van der Waals surface area contributed by atoms with Crippen molar-refractivity contribution in [3.8, 4) is 0 Å². The van der Waals surface area contributed by atoms with Gasteiger partial charge in [0.15, 0.2) is 0 Å². The highest BCUT2D eigenvalue weighted by Gasteiger charge is 2.03. The summed E-state index contributed by atoms with van der Waals surface area (Å²) in [5.74, 6) is 0. The quantitative estimate of drug-likeness (QED) is 0.531. The van der Waals surface area contributed by atoms with Crippen molar-refractivity contribution < 1.29 is 0 Å². The van der Waals surface area contributed by atoms with E-state index in [4.69, 9.17) is 0 Å². The number of aromatic nitrogens is 2. The van der Waals surface area contributed by atoms with Crippen LogP contribution < -0.4 is 16.0 Å². The van der Waals surface area contributed by atoms with Gasteiger partial charge < -0.3 is 0 Å². The standard InChI is InChI=1S/C10H12N2O/c1-7-10(13)8-5-3-4-6-9(8)12(2)11-7/h5-6H,3-4H2,1-2H3. The molecule has 13 heavy (non-hydrogen) atoms. The van der Waals surface area contributed by atoms with Crippen molar-refractivity contribution in [2.75, 3.05) is 0 Å². The molecule has 3 heteroatoms. The van der Waals surface area contributed by atoms with Crippen LogP contribution in [0.4, 0.5) is 0 Å². The highest BCUT2D eigenvalue weighted by molar-refractivity contribution is 5.35. The molecule has 0 bridgehead atoms. The van der Waals surface area contributed by atoms with Gasteiger partial charge in [-0.25, -0.2) is 0 Å². The highest BCUT2D eigenvalue weighted by atomic mass is 16.1. The Bertz CT molecular complexity index is 511. The first kappa shape index (κ1) is 8.23. The van der Waals surface area contributed by atoms with Gasteiger partial charge in [0.1, 0.15) is 5.69 Å². The van der Waals surface area contributed by atoms with Crippen molar-refractivity contribution >= 4 is 12.2 Å². The SMILES string of the molecule is Cc1nn(C)c2c(c1=O)=CCCC=2. The molecule has 1 aliphatic carbocycles. The van der Waals surface area contributed by atoms with Crippen LogP contribution in [0.3, 0.4) is 0 Å². The van der Waals surface area contributed by atoms with Gasteiger partial charge in [0.2, 0.25) is 5.43 Å². The number of aryl methyl sites for hydroxylation is 2. The summed E-state index contributed by atoms with van der Waals surface area (Å²) in [6.07, 6.45) is 6.05. The molecule has 0 amide bonds. The van der Waals surface area contributed by atoms with E-state index in [0.29, 0.717) is 5.69 Å². The molecule has 0 unspecified atom stereocenters. The van der Waals surface area contributed by atoms with Gasteiger partial charge in [-0.3, -0.25) is 9.48 Å². The van der Waals surface area contributed by atoms with E-state index in [1.165, 1.54) is 0 Å². The minimum absolute atomic E-state index is 0.0732. The Hall–Kier alpha value is -1.38. The van der Waals surface area contributed by atoms with Crippen molar-refractivity contribution in [1.82, 2.24) is 9.78 Å². The van der Waals surface area contributed by atoms with Crippen LogP contribution >= 0.6 is 0 Å². The first-order valence-electron chi connectivity index (χ1n) is 4.44. The maximum atomic E-state index is 11.6. The third kappa shape index (κ3) is 1.20.